The molecule has 0 radical (unpaired) electrons. The van der Waals surface area contributed by atoms with Crippen LogP contribution >= 0.6 is 0 Å². The van der Waals surface area contributed by atoms with E-state index in [1.165, 1.54) is 4.68 Å². The number of rotatable bonds is 5. The largest absolute Gasteiger partial charge is 0.359 e. The van der Waals surface area contributed by atoms with Gasteiger partial charge in [-0.2, -0.15) is 10.2 Å². The molecule has 0 aliphatic heterocycles. The highest BCUT2D eigenvalue weighted by atomic mass is 16.1. The van der Waals surface area contributed by atoms with Gasteiger partial charge in [-0.05, 0) is 49.5 Å². The van der Waals surface area contributed by atoms with E-state index in [0.29, 0.717) is 5.69 Å². The summed E-state index contributed by atoms with van der Waals surface area (Å²) < 4.78 is 3.33. The molecule has 1 amide bonds. The van der Waals surface area contributed by atoms with Crippen LogP contribution in [0.1, 0.15) is 32.1 Å². The lowest BCUT2D eigenvalue weighted by molar-refractivity contribution is -0.119. The topological polar surface area (TPSA) is 81.3 Å². The van der Waals surface area contributed by atoms with Gasteiger partial charge in [-0.25, -0.2) is 9.20 Å². The summed E-state index contributed by atoms with van der Waals surface area (Å²) in [4.78, 5) is 25.0. The fraction of sp³-hybridized carbons (Fsp3) is 0.231. The number of hydrogen-bond donors (Lipinski definition) is 1. The molecule has 4 aromatic rings. The molecule has 3 heterocycles. The van der Waals surface area contributed by atoms with Gasteiger partial charge in [-0.3, -0.25) is 9.59 Å². The molecule has 0 bridgehead atoms. The summed E-state index contributed by atoms with van der Waals surface area (Å²) in [6.07, 6.45) is 5.70. The van der Waals surface area contributed by atoms with Gasteiger partial charge in [-0.1, -0.05) is 36.4 Å². The van der Waals surface area contributed by atoms with Crippen molar-refractivity contribution in [1.82, 2.24) is 24.7 Å². The van der Waals surface area contributed by atoms with Crippen molar-refractivity contribution in [2.45, 2.75) is 32.1 Å². The number of carbonyl (C=O) groups excluding carboxylic acids is 1. The summed E-state index contributed by atoms with van der Waals surface area (Å²) in [6, 6.07) is 19.2. The summed E-state index contributed by atoms with van der Waals surface area (Å²) in [5.41, 5.74) is 5.88. The maximum absolute atomic E-state index is 12.9. The normalized spacial score (nSPS) is 14.0. The number of hydrogen-bond acceptors (Lipinski definition) is 4. The first kappa shape index (κ1) is 20.9. The minimum atomic E-state index is -0.192. The van der Waals surface area contributed by atoms with Crippen LogP contribution in [0.5, 0.6) is 0 Å². The molecule has 1 aliphatic rings. The van der Waals surface area contributed by atoms with E-state index >= 15 is 0 Å². The van der Waals surface area contributed by atoms with Crippen LogP contribution in [-0.2, 0) is 4.79 Å². The molecule has 7 nitrogen and oxygen atoms in total. The molecule has 1 N–H and O–H groups in total. The van der Waals surface area contributed by atoms with Crippen molar-refractivity contribution in [3.05, 3.63) is 82.8 Å². The first-order valence-corrected chi connectivity index (χ1v) is 11.2. The fourth-order valence-electron chi connectivity index (χ4n) is 4.47. The first-order chi connectivity index (χ1) is 16.2. The lowest BCUT2D eigenvalue weighted by atomic mass is 9.93. The molecule has 33 heavy (non-hydrogen) atoms. The standard InChI is InChI=1S/C26H25N5O2/c1-27-23(32)17-19-11-5-6-12-21(19)31-24(33)15-14-20(28-31)25-22-13-7-8-16-30(22)29-26(25)18-9-3-2-4-10-18/h2-4,7-10,13-16H,5-6,11-12,17H2,1H3,(H,27,32). The molecule has 3 aromatic heterocycles. The number of fused-ring (bicyclic) bond motifs is 1. The van der Waals surface area contributed by atoms with E-state index in [-0.39, 0.29) is 17.9 Å². The average Bonchev–Trinajstić information content (AvgIpc) is 3.25. The van der Waals surface area contributed by atoms with Gasteiger partial charge in [0.25, 0.3) is 5.56 Å². The van der Waals surface area contributed by atoms with Gasteiger partial charge in [0.15, 0.2) is 0 Å². The van der Waals surface area contributed by atoms with Crippen LogP contribution in [0.25, 0.3) is 33.7 Å². The predicted molar refractivity (Wildman–Crippen MR) is 128 cm³/mol. The molecule has 166 valence electrons. The Balaban J connectivity index is 1.71. The van der Waals surface area contributed by atoms with Gasteiger partial charge in [0.1, 0.15) is 5.69 Å². The van der Waals surface area contributed by atoms with E-state index in [2.05, 4.69) is 5.32 Å². The molecule has 0 saturated heterocycles. The lowest BCUT2D eigenvalue weighted by Crippen LogP contribution is -2.25. The number of amides is 1. The number of nitrogens with zero attached hydrogens (tertiary/aromatic N) is 4. The van der Waals surface area contributed by atoms with Gasteiger partial charge in [0.2, 0.25) is 5.91 Å². The van der Waals surface area contributed by atoms with Crippen molar-refractivity contribution in [3.8, 4) is 22.5 Å². The molecule has 7 heteroatoms. The molecule has 0 saturated carbocycles. The van der Waals surface area contributed by atoms with E-state index in [1.54, 1.807) is 19.2 Å². The Morgan fingerprint density at radius 1 is 0.970 bits per heavy atom. The van der Waals surface area contributed by atoms with Crippen LogP contribution in [0, 0.1) is 0 Å². The molecule has 1 aliphatic carbocycles. The quantitative estimate of drug-likeness (QED) is 0.507. The zero-order valence-corrected chi connectivity index (χ0v) is 18.5. The number of allylic oxidation sites excluding steroid dienone is 1. The average molecular weight is 440 g/mol. The molecular formula is C26H25N5O2. The molecule has 0 spiro atoms. The zero-order valence-electron chi connectivity index (χ0n) is 18.5. The number of carbonyl (C=O) groups is 1. The second-order valence-corrected chi connectivity index (χ2v) is 8.20. The van der Waals surface area contributed by atoms with Crippen molar-refractivity contribution in [3.63, 3.8) is 0 Å². The van der Waals surface area contributed by atoms with E-state index in [1.807, 2.05) is 59.2 Å². The molecule has 0 unspecified atom stereocenters. The van der Waals surface area contributed by atoms with Gasteiger partial charge in [0, 0.05) is 37.0 Å². The molecule has 0 atom stereocenters. The summed E-state index contributed by atoms with van der Waals surface area (Å²) in [5, 5.41) is 12.3. The monoisotopic (exact) mass is 439 g/mol. The smallest absolute Gasteiger partial charge is 0.271 e. The van der Waals surface area contributed by atoms with Crippen molar-refractivity contribution in [2.24, 2.45) is 0 Å². The second-order valence-electron chi connectivity index (χ2n) is 8.20. The Labute approximate surface area is 191 Å². The van der Waals surface area contributed by atoms with Crippen LogP contribution in [0.3, 0.4) is 0 Å². The Morgan fingerprint density at radius 2 is 1.76 bits per heavy atom. The molecule has 1 aromatic carbocycles. The van der Waals surface area contributed by atoms with E-state index < -0.39 is 0 Å². The van der Waals surface area contributed by atoms with Crippen LogP contribution in [0.15, 0.2) is 77.2 Å². The highest BCUT2D eigenvalue weighted by Gasteiger charge is 2.21. The Kier molecular flexibility index (Phi) is 5.60. The summed E-state index contributed by atoms with van der Waals surface area (Å²) >= 11 is 0. The van der Waals surface area contributed by atoms with Crippen LogP contribution in [0.4, 0.5) is 0 Å². The van der Waals surface area contributed by atoms with Crippen LogP contribution in [-0.4, -0.2) is 32.3 Å². The van der Waals surface area contributed by atoms with E-state index in [0.717, 1.165) is 59.3 Å². The van der Waals surface area contributed by atoms with Gasteiger partial charge in [-0.15, -0.1) is 0 Å². The number of nitrogens with one attached hydrogen (secondary N) is 1. The van der Waals surface area contributed by atoms with Crippen LogP contribution < -0.4 is 10.9 Å². The third-order valence-corrected chi connectivity index (χ3v) is 6.10. The predicted octanol–water partition coefficient (Wildman–Crippen LogP) is 4.15. The highest BCUT2D eigenvalue weighted by molar-refractivity contribution is 5.90. The number of aromatic nitrogens is 4. The van der Waals surface area contributed by atoms with E-state index in [4.69, 9.17) is 10.2 Å². The zero-order chi connectivity index (χ0) is 22.8. The molecular weight excluding hydrogens is 414 g/mol. The third-order valence-electron chi connectivity index (χ3n) is 6.10. The van der Waals surface area contributed by atoms with Crippen LogP contribution in [0.2, 0.25) is 0 Å². The SMILES string of the molecule is CNC(=O)CC1=C(n2nc(-c3c(-c4ccccc4)nn4ccccc34)ccc2=O)CCCC1. The van der Waals surface area contributed by atoms with Gasteiger partial charge in [0.05, 0.1) is 16.8 Å². The Bertz CT molecular complexity index is 1420. The number of benzene rings is 1. The molecule has 5 rings (SSSR count). The summed E-state index contributed by atoms with van der Waals surface area (Å²) in [5.74, 6) is -0.0532. The summed E-state index contributed by atoms with van der Waals surface area (Å²) in [6.45, 7) is 0. The molecule has 0 fully saturated rings. The van der Waals surface area contributed by atoms with Gasteiger partial charge >= 0.3 is 0 Å². The highest BCUT2D eigenvalue weighted by Crippen LogP contribution is 2.34. The lowest BCUT2D eigenvalue weighted by Gasteiger charge is -2.21. The Morgan fingerprint density at radius 3 is 2.58 bits per heavy atom. The minimum Gasteiger partial charge on any atom is -0.359 e. The number of pyridine rings is 1. The fourth-order valence-corrected chi connectivity index (χ4v) is 4.47. The Hall–Kier alpha value is -4.00. The van der Waals surface area contributed by atoms with Crippen molar-refractivity contribution in [2.75, 3.05) is 7.05 Å². The van der Waals surface area contributed by atoms with Gasteiger partial charge < -0.3 is 5.32 Å². The van der Waals surface area contributed by atoms with Crippen molar-refractivity contribution in [1.29, 1.82) is 0 Å². The minimum absolute atomic E-state index is 0.0532. The second kappa shape index (κ2) is 8.86. The van der Waals surface area contributed by atoms with Crippen molar-refractivity contribution >= 4 is 17.1 Å². The van der Waals surface area contributed by atoms with E-state index in [9.17, 15) is 9.59 Å². The first-order valence-electron chi connectivity index (χ1n) is 11.2. The van der Waals surface area contributed by atoms with Crippen molar-refractivity contribution < 1.29 is 4.79 Å². The maximum Gasteiger partial charge on any atom is 0.271 e. The third kappa shape index (κ3) is 3.98. The maximum atomic E-state index is 12.9. The summed E-state index contributed by atoms with van der Waals surface area (Å²) in [7, 11) is 1.63.